The van der Waals surface area contributed by atoms with E-state index in [1.807, 2.05) is 41.8 Å². The fraction of sp³-hybridized carbons (Fsp3) is 0.214. The van der Waals surface area contributed by atoms with E-state index < -0.39 is 0 Å². The number of fused-ring (bicyclic) bond motifs is 1. The molecule has 3 aromatic rings. The highest BCUT2D eigenvalue weighted by atomic mass is 15.1. The van der Waals surface area contributed by atoms with Crippen molar-refractivity contribution in [2.45, 2.75) is 13.3 Å². The molecule has 0 bridgehead atoms. The van der Waals surface area contributed by atoms with Crippen molar-refractivity contribution in [3.63, 3.8) is 0 Å². The molecule has 0 fully saturated rings. The number of rotatable bonds is 3. The first kappa shape index (κ1) is 11.8. The summed E-state index contributed by atoms with van der Waals surface area (Å²) in [6.45, 7) is 2.57. The van der Waals surface area contributed by atoms with E-state index in [-0.39, 0.29) is 0 Å². The summed E-state index contributed by atoms with van der Waals surface area (Å²) in [7, 11) is 0. The van der Waals surface area contributed by atoms with Crippen LogP contribution < -0.4 is 5.73 Å². The summed E-state index contributed by atoms with van der Waals surface area (Å²) in [5.74, 6) is 0.897. The first-order valence-corrected chi connectivity index (χ1v) is 6.25. The van der Waals surface area contributed by atoms with Gasteiger partial charge in [0.25, 0.3) is 0 Å². The van der Waals surface area contributed by atoms with Gasteiger partial charge >= 0.3 is 0 Å². The van der Waals surface area contributed by atoms with Gasteiger partial charge in [-0.3, -0.25) is 9.38 Å². The summed E-state index contributed by atoms with van der Waals surface area (Å²) in [4.78, 5) is 13.5. The monoisotopic (exact) mass is 253 g/mol. The minimum Gasteiger partial charge on any atom is -0.330 e. The molecule has 0 unspecified atom stereocenters. The summed E-state index contributed by atoms with van der Waals surface area (Å²) in [5.41, 5.74) is 9.14. The van der Waals surface area contributed by atoms with Gasteiger partial charge < -0.3 is 5.73 Å². The fourth-order valence-corrected chi connectivity index (χ4v) is 2.10. The van der Waals surface area contributed by atoms with Crippen LogP contribution in [-0.4, -0.2) is 25.9 Å². The lowest BCUT2D eigenvalue weighted by Crippen LogP contribution is -2.02. The largest absolute Gasteiger partial charge is 0.330 e. The number of imidazole rings is 1. The molecule has 5 nitrogen and oxygen atoms in total. The van der Waals surface area contributed by atoms with E-state index >= 15 is 0 Å². The van der Waals surface area contributed by atoms with Gasteiger partial charge in [-0.2, -0.15) is 0 Å². The average molecular weight is 253 g/mol. The Kier molecular flexibility index (Phi) is 2.97. The topological polar surface area (TPSA) is 69.1 Å². The molecular weight excluding hydrogens is 238 g/mol. The van der Waals surface area contributed by atoms with Crippen LogP contribution in [0.15, 0.2) is 36.7 Å². The van der Waals surface area contributed by atoms with Gasteiger partial charge in [-0.25, -0.2) is 9.97 Å². The molecule has 0 spiro atoms. The van der Waals surface area contributed by atoms with Crippen molar-refractivity contribution in [2.24, 2.45) is 5.73 Å². The van der Waals surface area contributed by atoms with Crippen LogP contribution in [0, 0.1) is 6.92 Å². The van der Waals surface area contributed by atoms with Crippen LogP contribution in [0.3, 0.4) is 0 Å². The van der Waals surface area contributed by atoms with Crippen LogP contribution in [0.4, 0.5) is 0 Å². The standard InChI is InChI=1S/C14H15N5/c1-10-17-13(12-4-2-3-7-16-12)8-14-18-11(5-6-15)9-19(10)14/h2-4,7-9H,5-6,15H2,1H3. The smallest absolute Gasteiger partial charge is 0.140 e. The lowest BCUT2D eigenvalue weighted by Gasteiger charge is -2.03. The van der Waals surface area contributed by atoms with Crippen LogP contribution in [0.25, 0.3) is 17.0 Å². The van der Waals surface area contributed by atoms with Gasteiger partial charge in [-0.05, 0) is 25.6 Å². The van der Waals surface area contributed by atoms with Crippen LogP contribution in [0.2, 0.25) is 0 Å². The molecule has 0 radical (unpaired) electrons. The van der Waals surface area contributed by atoms with Crippen molar-refractivity contribution in [2.75, 3.05) is 6.54 Å². The zero-order valence-electron chi connectivity index (χ0n) is 10.7. The Balaban J connectivity index is 2.13. The molecule has 19 heavy (non-hydrogen) atoms. The van der Waals surface area contributed by atoms with Crippen molar-refractivity contribution in [1.82, 2.24) is 19.4 Å². The van der Waals surface area contributed by atoms with Crippen LogP contribution in [-0.2, 0) is 6.42 Å². The number of nitrogens with zero attached hydrogens (tertiary/aromatic N) is 4. The summed E-state index contributed by atoms with van der Waals surface area (Å²) < 4.78 is 1.98. The highest BCUT2D eigenvalue weighted by Gasteiger charge is 2.08. The quantitative estimate of drug-likeness (QED) is 0.769. The van der Waals surface area contributed by atoms with Gasteiger partial charge in [0.15, 0.2) is 0 Å². The molecule has 96 valence electrons. The SMILES string of the molecule is Cc1nc(-c2ccccn2)cc2nc(CCN)cn12. The Labute approximate surface area is 111 Å². The minimum absolute atomic E-state index is 0.601. The maximum Gasteiger partial charge on any atom is 0.140 e. The molecule has 3 rings (SSSR count). The second-order valence-corrected chi connectivity index (χ2v) is 4.40. The molecule has 0 aliphatic heterocycles. The summed E-state index contributed by atoms with van der Waals surface area (Å²) in [6, 6.07) is 7.75. The van der Waals surface area contributed by atoms with Crippen molar-refractivity contribution in [3.05, 3.63) is 48.2 Å². The summed E-state index contributed by atoms with van der Waals surface area (Å²) in [5, 5.41) is 0. The number of nitrogens with two attached hydrogens (primary N) is 1. The Morgan fingerprint density at radius 1 is 1.21 bits per heavy atom. The Morgan fingerprint density at radius 2 is 2.11 bits per heavy atom. The van der Waals surface area contributed by atoms with Crippen LogP contribution in [0.5, 0.6) is 0 Å². The Morgan fingerprint density at radius 3 is 2.84 bits per heavy atom. The summed E-state index contributed by atoms with van der Waals surface area (Å²) >= 11 is 0. The second-order valence-electron chi connectivity index (χ2n) is 4.40. The number of pyridine rings is 1. The number of aromatic nitrogens is 4. The van der Waals surface area contributed by atoms with E-state index in [1.165, 1.54) is 0 Å². The summed E-state index contributed by atoms with van der Waals surface area (Å²) in [6.07, 6.45) is 4.54. The maximum atomic E-state index is 5.57. The highest BCUT2D eigenvalue weighted by Crippen LogP contribution is 2.17. The van der Waals surface area contributed by atoms with E-state index in [4.69, 9.17) is 5.73 Å². The number of aryl methyl sites for hydroxylation is 1. The highest BCUT2D eigenvalue weighted by molar-refractivity contribution is 5.60. The van der Waals surface area contributed by atoms with Gasteiger partial charge in [-0.1, -0.05) is 6.07 Å². The van der Waals surface area contributed by atoms with E-state index in [0.29, 0.717) is 6.54 Å². The van der Waals surface area contributed by atoms with E-state index in [9.17, 15) is 0 Å². The lowest BCUT2D eigenvalue weighted by atomic mass is 10.2. The van der Waals surface area contributed by atoms with E-state index in [2.05, 4.69) is 15.0 Å². The van der Waals surface area contributed by atoms with Crippen molar-refractivity contribution in [3.8, 4) is 11.4 Å². The predicted molar refractivity (Wildman–Crippen MR) is 73.7 cm³/mol. The Bertz CT molecular complexity index is 702. The van der Waals surface area contributed by atoms with Gasteiger partial charge in [-0.15, -0.1) is 0 Å². The minimum atomic E-state index is 0.601. The third-order valence-electron chi connectivity index (χ3n) is 3.01. The molecule has 0 aliphatic carbocycles. The molecule has 0 saturated carbocycles. The zero-order chi connectivity index (χ0) is 13.2. The van der Waals surface area contributed by atoms with Crippen LogP contribution in [0.1, 0.15) is 11.5 Å². The molecule has 0 aliphatic rings. The van der Waals surface area contributed by atoms with Gasteiger partial charge in [0.2, 0.25) is 0 Å². The van der Waals surface area contributed by atoms with E-state index in [1.54, 1.807) is 6.20 Å². The molecule has 3 aromatic heterocycles. The first-order valence-electron chi connectivity index (χ1n) is 6.25. The van der Waals surface area contributed by atoms with Crippen LogP contribution >= 0.6 is 0 Å². The van der Waals surface area contributed by atoms with E-state index in [0.717, 1.165) is 35.0 Å². The molecule has 0 saturated heterocycles. The molecule has 0 aromatic carbocycles. The van der Waals surface area contributed by atoms with Crippen molar-refractivity contribution in [1.29, 1.82) is 0 Å². The molecule has 0 amide bonds. The molecule has 0 atom stereocenters. The number of hydrogen-bond donors (Lipinski definition) is 1. The maximum absolute atomic E-state index is 5.57. The predicted octanol–water partition coefficient (Wildman–Crippen LogP) is 1.60. The third-order valence-corrected chi connectivity index (χ3v) is 3.01. The zero-order valence-corrected chi connectivity index (χ0v) is 10.7. The van der Waals surface area contributed by atoms with Crippen molar-refractivity contribution >= 4 is 5.65 Å². The number of hydrogen-bond acceptors (Lipinski definition) is 4. The molecular formula is C14H15N5. The molecule has 5 heteroatoms. The third kappa shape index (κ3) is 2.20. The normalized spacial score (nSPS) is 11.1. The molecule has 3 heterocycles. The van der Waals surface area contributed by atoms with Gasteiger partial charge in [0, 0.05) is 24.9 Å². The fourth-order valence-electron chi connectivity index (χ4n) is 2.10. The Hall–Kier alpha value is -2.27. The van der Waals surface area contributed by atoms with Gasteiger partial charge in [0.1, 0.15) is 11.5 Å². The first-order chi connectivity index (χ1) is 9.28. The average Bonchev–Trinajstić information content (AvgIpc) is 2.83. The second kappa shape index (κ2) is 4.78. The van der Waals surface area contributed by atoms with Crippen molar-refractivity contribution < 1.29 is 0 Å². The molecule has 2 N–H and O–H groups in total. The lowest BCUT2D eigenvalue weighted by molar-refractivity contribution is 0.933. The van der Waals surface area contributed by atoms with Gasteiger partial charge in [0.05, 0.1) is 17.1 Å².